The summed E-state index contributed by atoms with van der Waals surface area (Å²) in [6.07, 6.45) is 2.64. The Hall–Kier alpha value is -1.66. The van der Waals surface area contributed by atoms with Gasteiger partial charge < -0.3 is 20.6 Å². The molecule has 0 unspecified atom stereocenters. The first-order chi connectivity index (χ1) is 7.52. The van der Waals surface area contributed by atoms with Crippen LogP contribution >= 0.6 is 0 Å². The number of carboxylic acids is 1. The normalized spacial score (nSPS) is 11.2. The summed E-state index contributed by atoms with van der Waals surface area (Å²) in [5, 5.41) is 29.9. The Bertz CT molecular complexity index is 377. The molecule has 0 aliphatic carbocycles. The van der Waals surface area contributed by atoms with Crippen LogP contribution in [0.5, 0.6) is 0 Å². The third kappa shape index (κ3) is 2.68. The highest BCUT2D eigenvalue weighted by atomic mass is 16.4. The van der Waals surface area contributed by atoms with Crippen LogP contribution in [0.3, 0.4) is 0 Å². The molecular formula is C10H14N2O4. The molecule has 6 heteroatoms. The van der Waals surface area contributed by atoms with E-state index in [4.69, 9.17) is 15.3 Å². The predicted octanol–water partition coefficient (Wildman–Crippen LogP) is -0.0650. The van der Waals surface area contributed by atoms with Crippen LogP contribution in [0.25, 0.3) is 0 Å². The summed E-state index contributed by atoms with van der Waals surface area (Å²) in [6, 6.07) is 1.48. The topological polar surface area (TPSA) is 103 Å². The quantitative estimate of drug-likeness (QED) is 0.560. The monoisotopic (exact) mass is 226 g/mol. The highest BCUT2D eigenvalue weighted by Crippen LogP contribution is 2.18. The van der Waals surface area contributed by atoms with Gasteiger partial charge in [0.1, 0.15) is 5.56 Å². The second-order valence-electron chi connectivity index (χ2n) is 3.73. The molecule has 0 spiro atoms. The first kappa shape index (κ1) is 12.4. The van der Waals surface area contributed by atoms with Crippen molar-refractivity contribution in [3.05, 3.63) is 24.0 Å². The second kappa shape index (κ2) is 4.91. The lowest BCUT2D eigenvalue weighted by molar-refractivity contribution is 0.0696. The van der Waals surface area contributed by atoms with Crippen molar-refractivity contribution in [2.45, 2.75) is 12.5 Å². The Morgan fingerprint density at radius 2 is 2.12 bits per heavy atom. The van der Waals surface area contributed by atoms with Crippen LogP contribution in [-0.2, 0) is 0 Å². The zero-order valence-electron chi connectivity index (χ0n) is 8.84. The van der Waals surface area contributed by atoms with Crippen molar-refractivity contribution in [2.24, 2.45) is 0 Å². The number of aromatic carboxylic acids is 1. The van der Waals surface area contributed by atoms with Gasteiger partial charge in [0.25, 0.3) is 0 Å². The Balaban J connectivity index is 3.01. The van der Waals surface area contributed by atoms with E-state index in [1.54, 1.807) is 6.92 Å². The molecule has 88 valence electrons. The van der Waals surface area contributed by atoms with Crippen LogP contribution in [0.1, 0.15) is 17.3 Å². The summed E-state index contributed by atoms with van der Waals surface area (Å²) in [5.74, 6) is -1.12. The third-order valence-electron chi connectivity index (χ3n) is 2.19. The fraction of sp³-hybridized carbons (Fsp3) is 0.400. The minimum Gasteiger partial charge on any atom is -0.478 e. The van der Waals surface area contributed by atoms with Gasteiger partial charge in [0.15, 0.2) is 0 Å². The minimum atomic E-state index is -1.12. The van der Waals surface area contributed by atoms with Crippen LogP contribution in [0.2, 0.25) is 0 Å². The molecule has 0 aliphatic rings. The molecule has 0 radical (unpaired) electrons. The number of aromatic nitrogens is 1. The number of hydrogen-bond acceptors (Lipinski definition) is 5. The number of anilines is 1. The standard InChI is InChI=1S/C10H14N2O4/c1-10(5-13,6-14)12-8-2-3-11-4-7(8)9(15)16/h2-4,13-14H,5-6H2,1H3,(H,11,12)(H,15,16). The van der Waals surface area contributed by atoms with Gasteiger partial charge in [0, 0.05) is 12.4 Å². The summed E-state index contributed by atoms with van der Waals surface area (Å²) in [5.41, 5.74) is -0.658. The lowest BCUT2D eigenvalue weighted by Crippen LogP contribution is -2.42. The average molecular weight is 226 g/mol. The van der Waals surface area contributed by atoms with Gasteiger partial charge >= 0.3 is 5.97 Å². The molecule has 0 bridgehead atoms. The van der Waals surface area contributed by atoms with Crippen LogP contribution in [0.4, 0.5) is 5.69 Å². The summed E-state index contributed by atoms with van der Waals surface area (Å²) in [4.78, 5) is 14.6. The number of rotatable bonds is 5. The highest BCUT2D eigenvalue weighted by molar-refractivity contribution is 5.93. The molecule has 0 amide bonds. The van der Waals surface area contributed by atoms with E-state index in [9.17, 15) is 4.79 Å². The zero-order valence-corrected chi connectivity index (χ0v) is 8.84. The van der Waals surface area contributed by atoms with E-state index in [-0.39, 0.29) is 18.8 Å². The van der Waals surface area contributed by atoms with E-state index in [0.717, 1.165) is 0 Å². The Kier molecular flexibility index (Phi) is 3.81. The van der Waals surface area contributed by atoms with Crippen molar-refractivity contribution >= 4 is 11.7 Å². The minimum absolute atomic E-state index is 0.00405. The largest absolute Gasteiger partial charge is 0.478 e. The number of hydrogen-bond donors (Lipinski definition) is 4. The van der Waals surface area contributed by atoms with Crippen molar-refractivity contribution in [3.63, 3.8) is 0 Å². The van der Waals surface area contributed by atoms with Crippen LogP contribution in [-0.4, -0.2) is 45.0 Å². The van der Waals surface area contributed by atoms with Gasteiger partial charge in [0.2, 0.25) is 0 Å². The molecule has 0 saturated carbocycles. The molecule has 1 aromatic heterocycles. The van der Waals surface area contributed by atoms with Gasteiger partial charge in [-0.3, -0.25) is 4.98 Å². The SMILES string of the molecule is CC(CO)(CO)Nc1ccncc1C(=O)O. The Morgan fingerprint density at radius 3 is 2.62 bits per heavy atom. The van der Waals surface area contributed by atoms with Crippen LogP contribution < -0.4 is 5.32 Å². The van der Waals surface area contributed by atoms with Gasteiger partial charge in [-0.05, 0) is 13.0 Å². The molecule has 1 rings (SSSR count). The number of nitrogens with one attached hydrogen (secondary N) is 1. The molecular weight excluding hydrogens is 212 g/mol. The van der Waals surface area contributed by atoms with Gasteiger partial charge in [-0.2, -0.15) is 0 Å². The number of nitrogens with zero attached hydrogens (tertiary/aromatic N) is 1. The van der Waals surface area contributed by atoms with Gasteiger partial charge in [-0.1, -0.05) is 0 Å². The summed E-state index contributed by atoms with van der Waals surface area (Å²) in [7, 11) is 0. The summed E-state index contributed by atoms with van der Waals surface area (Å²) in [6.45, 7) is 0.953. The zero-order chi connectivity index (χ0) is 12.2. The first-order valence-corrected chi connectivity index (χ1v) is 4.69. The summed E-state index contributed by atoms with van der Waals surface area (Å²) < 4.78 is 0. The van der Waals surface area contributed by atoms with Gasteiger partial charge in [-0.25, -0.2) is 4.79 Å². The molecule has 0 fully saturated rings. The molecule has 1 heterocycles. The lowest BCUT2D eigenvalue weighted by atomic mass is 10.0. The van der Waals surface area contributed by atoms with E-state index < -0.39 is 11.5 Å². The van der Waals surface area contributed by atoms with Crippen molar-refractivity contribution in [3.8, 4) is 0 Å². The number of aliphatic hydroxyl groups excluding tert-OH is 2. The first-order valence-electron chi connectivity index (χ1n) is 4.69. The fourth-order valence-electron chi connectivity index (χ4n) is 1.13. The molecule has 0 saturated heterocycles. The maximum Gasteiger partial charge on any atom is 0.339 e. The van der Waals surface area contributed by atoms with Crippen molar-refractivity contribution in [1.82, 2.24) is 4.98 Å². The second-order valence-corrected chi connectivity index (χ2v) is 3.73. The molecule has 0 aliphatic heterocycles. The Morgan fingerprint density at radius 1 is 1.50 bits per heavy atom. The highest BCUT2D eigenvalue weighted by Gasteiger charge is 2.24. The number of carboxylic acid groups (broad SMARTS) is 1. The maximum atomic E-state index is 10.9. The van der Waals surface area contributed by atoms with E-state index in [2.05, 4.69) is 10.3 Å². The van der Waals surface area contributed by atoms with Crippen LogP contribution in [0.15, 0.2) is 18.5 Å². The average Bonchev–Trinajstić information content (AvgIpc) is 2.29. The molecule has 0 atom stereocenters. The smallest absolute Gasteiger partial charge is 0.339 e. The van der Waals surface area contributed by atoms with Crippen LogP contribution in [0, 0.1) is 0 Å². The number of carbonyl (C=O) groups is 1. The Labute approximate surface area is 92.6 Å². The number of aliphatic hydroxyl groups is 2. The summed E-state index contributed by atoms with van der Waals surface area (Å²) >= 11 is 0. The maximum absolute atomic E-state index is 10.9. The molecule has 0 aromatic carbocycles. The van der Waals surface area contributed by atoms with E-state index in [1.807, 2.05) is 0 Å². The third-order valence-corrected chi connectivity index (χ3v) is 2.19. The van der Waals surface area contributed by atoms with Gasteiger partial charge in [0.05, 0.1) is 24.4 Å². The van der Waals surface area contributed by atoms with Crippen molar-refractivity contribution in [2.75, 3.05) is 18.5 Å². The lowest BCUT2D eigenvalue weighted by Gasteiger charge is -2.28. The van der Waals surface area contributed by atoms with E-state index >= 15 is 0 Å². The van der Waals surface area contributed by atoms with Crippen molar-refractivity contribution < 1.29 is 20.1 Å². The fourth-order valence-corrected chi connectivity index (χ4v) is 1.13. The molecule has 16 heavy (non-hydrogen) atoms. The predicted molar refractivity (Wildman–Crippen MR) is 57.4 cm³/mol. The molecule has 4 N–H and O–H groups in total. The van der Waals surface area contributed by atoms with Crippen molar-refractivity contribution in [1.29, 1.82) is 0 Å². The van der Waals surface area contributed by atoms with Gasteiger partial charge in [-0.15, -0.1) is 0 Å². The van der Waals surface area contributed by atoms with E-state index in [1.165, 1.54) is 18.5 Å². The number of pyridine rings is 1. The van der Waals surface area contributed by atoms with E-state index in [0.29, 0.717) is 5.69 Å². The molecule has 1 aromatic rings. The molecule has 6 nitrogen and oxygen atoms in total.